The van der Waals surface area contributed by atoms with Gasteiger partial charge in [-0.15, -0.1) is 0 Å². The lowest BCUT2D eigenvalue weighted by Gasteiger charge is -2.38. The summed E-state index contributed by atoms with van der Waals surface area (Å²) in [5.41, 5.74) is 1.30. The fraction of sp³-hybridized carbons (Fsp3) is 0.588. The third-order valence-electron chi connectivity index (χ3n) is 5.06. The molecule has 114 valence electrons. The summed E-state index contributed by atoms with van der Waals surface area (Å²) in [6.07, 6.45) is 2.27. The zero-order valence-electron chi connectivity index (χ0n) is 12.6. The number of para-hydroxylation sites is 1. The van der Waals surface area contributed by atoms with Crippen molar-refractivity contribution >= 4 is 11.7 Å². The van der Waals surface area contributed by atoms with Gasteiger partial charge in [-0.3, -0.25) is 9.69 Å². The van der Waals surface area contributed by atoms with Crippen LogP contribution in [-0.2, 0) is 4.79 Å². The second-order valence-electron chi connectivity index (χ2n) is 6.43. The van der Waals surface area contributed by atoms with Crippen LogP contribution in [0.5, 0.6) is 0 Å². The molecule has 0 spiro atoms. The Morgan fingerprint density at radius 1 is 1.14 bits per heavy atom. The van der Waals surface area contributed by atoms with Crippen molar-refractivity contribution in [2.75, 3.05) is 31.1 Å². The monoisotopic (exact) mass is 288 g/mol. The van der Waals surface area contributed by atoms with Crippen molar-refractivity contribution in [3.05, 3.63) is 30.3 Å². The summed E-state index contributed by atoms with van der Waals surface area (Å²) in [5.74, 6) is -0.543. The first kappa shape index (κ1) is 14.4. The Morgan fingerprint density at radius 2 is 1.81 bits per heavy atom. The van der Waals surface area contributed by atoms with Crippen LogP contribution in [-0.4, -0.2) is 48.2 Å². The standard InChI is InChI=1S/C17H24N2O2/c1-13-11-19(12-16(13)17(20)21)15-7-9-18(10-8-15)14-5-3-2-4-6-14/h2-6,13,15-16H,7-12H2,1H3,(H,20,21)/t13-,16-/m1/s1. The Bertz CT molecular complexity index is 483. The molecule has 2 atom stereocenters. The molecule has 4 heteroatoms. The summed E-state index contributed by atoms with van der Waals surface area (Å²) in [6.45, 7) is 5.87. The molecule has 0 saturated carbocycles. The number of carbonyl (C=O) groups is 1. The molecule has 2 aliphatic heterocycles. The van der Waals surface area contributed by atoms with Crippen molar-refractivity contribution in [2.45, 2.75) is 25.8 Å². The second kappa shape index (κ2) is 6.06. The van der Waals surface area contributed by atoms with E-state index >= 15 is 0 Å². The lowest BCUT2D eigenvalue weighted by molar-refractivity contribution is -0.142. The molecule has 1 aromatic rings. The molecule has 0 unspecified atom stereocenters. The zero-order valence-corrected chi connectivity index (χ0v) is 12.6. The molecule has 0 radical (unpaired) electrons. The second-order valence-corrected chi connectivity index (χ2v) is 6.43. The van der Waals surface area contributed by atoms with Crippen LogP contribution in [0.4, 0.5) is 5.69 Å². The molecule has 0 aliphatic carbocycles. The molecular formula is C17H24N2O2. The summed E-state index contributed by atoms with van der Waals surface area (Å²) in [5, 5.41) is 9.26. The maximum Gasteiger partial charge on any atom is 0.308 e. The molecule has 2 aliphatic rings. The minimum atomic E-state index is -0.633. The van der Waals surface area contributed by atoms with E-state index in [-0.39, 0.29) is 11.8 Å². The van der Waals surface area contributed by atoms with Crippen LogP contribution in [0, 0.1) is 11.8 Å². The van der Waals surface area contributed by atoms with Gasteiger partial charge in [0.25, 0.3) is 0 Å². The number of piperidine rings is 1. The average Bonchev–Trinajstić information content (AvgIpc) is 2.90. The summed E-state index contributed by atoms with van der Waals surface area (Å²) in [7, 11) is 0. The Morgan fingerprint density at radius 3 is 2.38 bits per heavy atom. The maximum atomic E-state index is 11.2. The Labute approximate surface area is 126 Å². The molecule has 4 nitrogen and oxygen atoms in total. The van der Waals surface area contributed by atoms with Crippen molar-refractivity contribution in [1.29, 1.82) is 0 Å². The van der Waals surface area contributed by atoms with Gasteiger partial charge in [-0.05, 0) is 30.9 Å². The highest BCUT2D eigenvalue weighted by Gasteiger charge is 2.38. The minimum absolute atomic E-state index is 0.183. The minimum Gasteiger partial charge on any atom is -0.481 e. The first-order valence-corrected chi connectivity index (χ1v) is 7.92. The predicted molar refractivity (Wildman–Crippen MR) is 83.5 cm³/mol. The van der Waals surface area contributed by atoms with Gasteiger partial charge in [-0.25, -0.2) is 0 Å². The number of hydrogen-bond acceptors (Lipinski definition) is 3. The molecular weight excluding hydrogens is 264 g/mol. The molecule has 2 fully saturated rings. The molecule has 2 saturated heterocycles. The molecule has 0 amide bonds. The van der Waals surface area contributed by atoms with Gasteiger partial charge in [-0.2, -0.15) is 0 Å². The van der Waals surface area contributed by atoms with Gasteiger partial charge in [0, 0.05) is 37.9 Å². The van der Waals surface area contributed by atoms with Crippen LogP contribution in [0.3, 0.4) is 0 Å². The number of benzene rings is 1. The summed E-state index contributed by atoms with van der Waals surface area (Å²) in [6, 6.07) is 11.1. The fourth-order valence-corrected chi connectivity index (χ4v) is 3.75. The van der Waals surface area contributed by atoms with Crippen LogP contribution < -0.4 is 4.90 Å². The maximum absolute atomic E-state index is 11.2. The van der Waals surface area contributed by atoms with E-state index in [1.54, 1.807) is 0 Å². The van der Waals surface area contributed by atoms with Crippen LogP contribution in [0.15, 0.2) is 30.3 Å². The number of aliphatic carboxylic acids is 1. The highest BCUT2D eigenvalue weighted by atomic mass is 16.4. The molecule has 0 aromatic heterocycles. The molecule has 2 heterocycles. The molecule has 3 rings (SSSR count). The Hall–Kier alpha value is -1.55. The normalized spacial score (nSPS) is 28.0. The Balaban J connectivity index is 1.56. The smallest absolute Gasteiger partial charge is 0.308 e. The van der Waals surface area contributed by atoms with Gasteiger partial charge in [0.2, 0.25) is 0 Å². The summed E-state index contributed by atoms with van der Waals surface area (Å²) in [4.78, 5) is 16.1. The van der Waals surface area contributed by atoms with Gasteiger partial charge >= 0.3 is 5.97 Å². The van der Waals surface area contributed by atoms with Gasteiger partial charge < -0.3 is 10.0 Å². The van der Waals surface area contributed by atoms with E-state index in [0.29, 0.717) is 6.04 Å². The van der Waals surface area contributed by atoms with Crippen molar-refractivity contribution in [1.82, 2.24) is 4.90 Å². The molecule has 1 aromatic carbocycles. The first-order valence-electron chi connectivity index (χ1n) is 7.92. The van der Waals surface area contributed by atoms with Crippen LogP contribution in [0.25, 0.3) is 0 Å². The number of carboxylic acids is 1. The van der Waals surface area contributed by atoms with Crippen LogP contribution >= 0.6 is 0 Å². The van der Waals surface area contributed by atoms with Gasteiger partial charge in [0.1, 0.15) is 0 Å². The number of anilines is 1. The van der Waals surface area contributed by atoms with Gasteiger partial charge in [0.05, 0.1) is 5.92 Å². The van der Waals surface area contributed by atoms with Crippen molar-refractivity contribution in [3.8, 4) is 0 Å². The van der Waals surface area contributed by atoms with Gasteiger partial charge in [-0.1, -0.05) is 25.1 Å². The van der Waals surface area contributed by atoms with Crippen LogP contribution in [0.2, 0.25) is 0 Å². The zero-order chi connectivity index (χ0) is 14.8. The number of likely N-dealkylation sites (tertiary alicyclic amines) is 1. The predicted octanol–water partition coefficient (Wildman–Crippen LogP) is 2.31. The number of rotatable bonds is 3. The topological polar surface area (TPSA) is 43.8 Å². The molecule has 21 heavy (non-hydrogen) atoms. The van der Waals surface area contributed by atoms with Crippen molar-refractivity contribution < 1.29 is 9.90 Å². The van der Waals surface area contributed by atoms with Crippen molar-refractivity contribution in [3.63, 3.8) is 0 Å². The summed E-state index contributed by atoms with van der Waals surface area (Å²) < 4.78 is 0. The highest BCUT2D eigenvalue weighted by molar-refractivity contribution is 5.71. The van der Waals surface area contributed by atoms with Crippen LogP contribution in [0.1, 0.15) is 19.8 Å². The number of hydrogen-bond donors (Lipinski definition) is 1. The molecule has 0 bridgehead atoms. The quantitative estimate of drug-likeness (QED) is 0.927. The SMILES string of the molecule is C[C@@H]1CN(C2CCN(c3ccccc3)CC2)C[C@H]1C(=O)O. The third-order valence-corrected chi connectivity index (χ3v) is 5.06. The average molecular weight is 288 g/mol. The van der Waals surface area contributed by atoms with E-state index < -0.39 is 5.97 Å². The number of nitrogens with zero attached hydrogens (tertiary/aromatic N) is 2. The van der Waals surface area contributed by atoms with E-state index in [2.05, 4.69) is 41.0 Å². The first-order chi connectivity index (χ1) is 10.1. The largest absolute Gasteiger partial charge is 0.481 e. The lowest BCUT2D eigenvalue weighted by atomic mass is 9.99. The van der Waals surface area contributed by atoms with Gasteiger partial charge in [0.15, 0.2) is 0 Å². The lowest BCUT2D eigenvalue weighted by Crippen LogP contribution is -2.44. The number of carboxylic acid groups (broad SMARTS) is 1. The van der Waals surface area contributed by atoms with E-state index in [4.69, 9.17) is 0 Å². The fourth-order valence-electron chi connectivity index (χ4n) is 3.75. The van der Waals surface area contributed by atoms with E-state index in [0.717, 1.165) is 39.0 Å². The molecule has 1 N–H and O–H groups in total. The van der Waals surface area contributed by atoms with E-state index in [1.807, 2.05) is 6.07 Å². The van der Waals surface area contributed by atoms with E-state index in [9.17, 15) is 9.90 Å². The third kappa shape index (κ3) is 3.05. The van der Waals surface area contributed by atoms with E-state index in [1.165, 1.54) is 5.69 Å². The summed E-state index contributed by atoms with van der Waals surface area (Å²) >= 11 is 0. The van der Waals surface area contributed by atoms with Crippen molar-refractivity contribution in [2.24, 2.45) is 11.8 Å². The highest BCUT2D eigenvalue weighted by Crippen LogP contribution is 2.29. The Kier molecular flexibility index (Phi) is 4.15.